The van der Waals surface area contributed by atoms with Crippen molar-refractivity contribution in [1.29, 1.82) is 0 Å². The van der Waals surface area contributed by atoms with E-state index in [2.05, 4.69) is 26.1 Å². The highest BCUT2D eigenvalue weighted by atomic mass is 32.2. The Morgan fingerprint density at radius 1 is 1.30 bits per heavy atom. The van der Waals surface area contributed by atoms with Crippen molar-refractivity contribution >= 4 is 17.7 Å². The highest BCUT2D eigenvalue weighted by Gasteiger charge is 2.15. The molecule has 0 fully saturated rings. The maximum Gasteiger partial charge on any atom is 0.260 e. The van der Waals surface area contributed by atoms with E-state index >= 15 is 0 Å². The molecule has 112 valence electrons. The van der Waals surface area contributed by atoms with E-state index in [1.54, 1.807) is 6.92 Å². The van der Waals surface area contributed by atoms with E-state index in [0.29, 0.717) is 6.54 Å². The van der Waals surface area contributed by atoms with Gasteiger partial charge in [0.1, 0.15) is 5.75 Å². The van der Waals surface area contributed by atoms with Crippen LogP contribution in [-0.2, 0) is 4.79 Å². The lowest BCUT2D eigenvalue weighted by atomic mass is 10.2. The summed E-state index contributed by atoms with van der Waals surface area (Å²) in [6, 6.07) is 7.71. The van der Waals surface area contributed by atoms with E-state index in [4.69, 9.17) is 4.74 Å². The van der Waals surface area contributed by atoms with Crippen molar-refractivity contribution in [2.45, 2.75) is 45.5 Å². The maximum atomic E-state index is 11.9. The summed E-state index contributed by atoms with van der Waals surface area (Å²) >= 11 is 1.84. The van der Waals surface area contributed by atoms with Crippen molar-refractivity contribution in [3.05, 3.63) is 29.8 Å². The third kappa shape index (κ3) is 6.85. The third-order valence-corrected chi connectivity index (χ3v) is 3.91. The van der Waals surface area contributed by atoms with Crippen molar-refractivity contribution in [3.8, 4) is 5.75 Å². The summed E-state index contributed by atoms with van der Waals surface area (Å²) in [6.45, 7) is 11.0. The van der Waals surface area contributed by atoms with E-state index in [9.17, 15) is 4.79 Å². The number of hydrogen-bond donors (Lipinski definition) is 1. The molecular weight excluding hydrogens is 270 g/mol. The zero-order valence-corrected chi connectivity index (χ0v) is 13.8. The lowest BCUT2D eigenvalue weighted by molar-refractivity contribution is -0.127. The summed E-state index contributed by atoms with van der Waals surface area (Å²) < 4.78 is 5.84. The first-order valence-corrected chi connectivity index (χ1v) is 7.91. The molecule has 0 aliphatic rings. The van der Waals surface area contributed by atoms with Gasteiger partial charge < -0.3 is 10.1 Å². The number of carbonyl (C=O) groups excluding carboxylic acids is 1. The van der Waals surface area contributed by atoms with Crippen LogP contribution >= 0.6 is 11.8 Å². The fourth-order valence-electron chi connectivity index (χ4n) is 1.55. The van der Waals surface area contributed by atoms with E-state index < -0.39 is 6.10 Å². The lowest BCUT2D eigenvalue weighted by Crippen LogP contribution is -2.37. The third-order valence-electron chi connectivity index (χ3n) is 2.64. The number of rotatable bonds is 6. The number of ether oxygens (including phenoxy) is 1. The molecule has 0 saturated heterocycles. The number of aryl methyl sites for hydroxylation is 1. The molecule has 0 spiro atoms. The molecule has 1 amide bonds. The first kappa shape index (κ1) is 16.9. The number of thioether (sulfide) groups is 1. The molecule has 0 aliphatic carbocycles. The van der Waals surface area contributed by atoms with Gasteiger partial charge in [-0.25, -0.2) is 0 Å². The van der Waals surface area contributed by atoms with Crippen molar-refractivity contribution in [3.63, 3.8) is 0 Å². The second kappa shape index (κ2) is 7.58. The SMILES string of the molecule is Cc1ccc(O[C@H](C)C(=O)NCCSC(C)(C)C)cc1. The highest BCUT2D eigenvalue weighted by molar-refractivity contribution is 8.00. The van der Waals surface area contributed by atoms with Crippen molar-refractivity contribution < 1.29 is 9.53 Å². The number of nitrogens with one attached hydrogen (secondary N) is 1. The van der Waals surface area contributed by atoms with E-state index in [1.807, 2.05) is 43.0 Å². The van der Waals surface area contributed by atoms with Gasteiger partial charge in [0.2, 0.25) is 0 Å². The van der Waals surface area contributed by atoms with Crippen LogP contribution < -0.4 is 10.1 Å². The van der Waals surface area contributed by atoms with Crippen LogP contribution in [-0.4, -0.2) is 29.1 Å². The van der Waals surface area contributed by atoms with Crippen LogP contribution in [0, 0.1) is 6.92 Å². The second-order valence-corrected chi connectivity index (χ2v) is 7.75. The van der Waals surface area contributed by atoms with Crippen molar-refractivity contribution in [1.82, 2.24) is 5.32 Å². The first-order valence-electron chi connectivity index (χ1n) is 6.93. The van der Waals surface area contributed by atoms with Gasteiger partial charge in [-0.1, -0.05) is 38.5 Å². The van der Waals surface area contributed by atoms with Gasteiger partial charge in [-0.15, -0.1) is 0 Å². The zero-order valence-electron chi connectivity index (χ0n) is 13.0. The predicted molar refractivity (Wildman–Crippen MR) is 86.5 cm³/mol. The first-order chi connectivity index (χ1) is 9.28. The molecule has 0 heterocycles. The molecule has 0 bridgehead atoms. The molecule has 0 aromatic heterocycles. The topological polar surface area (TPSA) is 38.3 Å². The van der Waals surface area contributed by atoms with Gasteiger partial charge in [0.05, 0.1) is 0 Å². The number of hydrogen-bond acceptors (Lipinski definition) is 3. The van der Waals surface area contributed by atoms with Gasteiger partial charge in [0.25, 0.3) is 5.91 Å². The quantitative estimate of drug-likeness (QED) is 0.817. The molecule has 0 radical (unpaired) electrons. The Hall–Kier alpha value is -1.16. The minimum Gasteiger partial charge on any atom is -0.481 e. The molecular formula is C16H25NO2S. The van der Waals surface area contributed by atoms with Crippen LogP contribution in [0.5, 0.6) is 5.75 Å². The Kier molecular flexibility index (Phi) is 6.40. The molecule has 0 unspecified atom stereocenters. The molecule has 1 atom stereocenters. The van der Waals surface area contributed by atoms with Gasteiger partial charge in [-0.2, -0.15) is 11.8 Å². The average Bonchev–Trinajstić information content (AvgIpc) is 2.36. The van der Waals surface area contributed by atoms with Gasteiger partial charge in [0.15, 0.2) is 6.10 Å². The monoisotopic (exact) mass is 295 g/mol. The van der Waals surface area contributed by atoms with Crippen LogP contribution in [0.3, 0.4) is 0 Å². The van der Waals surface area contributed by atoms with Crippen LogP contribution in [0.1, 0.15) is 33.3 Å². The summed E-state index contributed by atoms with van der Waals surface area (Å²) in [7, 11) is 0. The van der Waals surface area contributed by atoms with Gasteiger partial charge in [-0.3, -0.25) is 4.79 Å². The summed E-state index contributed by atoms with van der Waals surface area (Å²) in [5, 5.41) is 2.90. The number of benzene rings is 1. The number of carbonyl (C=O) groups is 1. The molecule has 4 heteroatoms. The second-order valence-electron chi connectivity index (χ2n) is 5.82. The Bertz CT molecular complexity index is 423. The average molecular weight is 295 g/mol. The Balaban J connectivity index is 2.30. The summed E-state index contributed by atoms with van der Waals surface area (Å²) in [5.41, 5.74) is 1.17. The lowest BCUT2D eigenvalue weighted by Gasteiger charge is -2.18. The molecule has 0 aliphatic heterocycles. The normalized spacial score (nSPS) is 12.8. The molecule has 3 nitrogen and oxygen atoms in total. The minimum absolute atomic E-state index is 0.0694. The molecule has 0 saturated carbocycles. The van der Waals surface area contributed by atoms with Gasteiger partial charge >= 0.3 is 0 Å². The Morgan fingerprint density at radius 3 is 2.45 bits per heavy atom. The fraction of sp³-hybridized carbons (Fsp3) is 0.562. The number of amides is 1. The summed E-state index contributed by atoms with van der Waals surface area (Å²) in [4.78, 5) is 11.9. The van der Waals surface area contributed by atoms with Crippen molar-refractivity contribution in [2.75, 3.05) is 12.3 Å². The van der Waals surface area contributed by atoms with Crippen molar-refractivity contribution in [2.24, 2.45) is 0 Å². The van der Waals surface area contributed by atoms with Gasteiger partial charge in [0, 0.05) is 17.0 Å². The standard InChI is InChI=1S/C16H25NO2S/c1-12-6-8-14(9-7-12)19-13(2)15(18)17-10-11-20-16(3,4)5/h6-9,13H,10-11H2,1-5H3,(H,17,18)/t13-/m1/s1. The van der Waals surface area contributed by atoms with Crippen LogP contribution in [0.25, 0.3) is 0 Å². The molecule has 1 aromatic carbocycles. The summed E-state index contributed by atoms with van der Waals surface area (Å²) in [6.07, 6.45) is -0.475. The highest BCUT2D eigenvalue weighted by Crippen LogP contribution is 2.22. The smallest absolute Gasteiger partial charge is 0.260 e. The molecule has 20 heavy (non-hydrogen) atoms. The molecule has 1 rings (SSSR count). The van der Waals surface area contributed by atoms with Gasteiger partial charge in [-0.05, 0) is 26.0 Å². The predicted octanol–water partition coefficient (Wildman–Crippen LogP) is 3.41. The molecule has 1 aromatic rings. The minimum atomic E-state index is -0.475. The molecule has 1 N–H and O–H groups in total. The van der Waals surface area contributed by atoms with E-state index in [-0.39, 0.29) is 10.7 Å². The fourth-order valence-corrected chi connectivity index (χ4v) is 2.37. The maximum absolute atomic E-state index is 11.9. The van der Waals surface area contributed by atoms with Crippen LogP contribution in [0.2, 0.25) is 0 Å². The largest absolute Gasteiger partial charge is 0.481 e. The van der Waals surface area contributed by atoms with Crippen LogP contribution in [0.15, 0.2) is 24.3 Å². The Morgan fingerprint density at radius 2 is 1.90 bits per heavy atom. The summed E-state index contributed by atoms with van der Waals surface area (Å²) in [5.74, 6) is 1.56. The van der Waals surface area contributed by atoms with E-state index in [1.165, 1.54) is 5.56 Å². The van der Waals surface area contributed by atoms with Crippen LogP contribution in [0.4, 0.5) is 0 Å². The Labute approximate surface area is 126 Å². The zero-order chi connectivity index (χ0) is 15.2. The van der Waals surface area contributed by atoms with E-state index in [0.717, 1.165) is 11.5 Å².